The molecule has 4 aromatic heterocycles. The highest BCUT2D eigenvalue weighted by Gasteiger charge is 2.34. The molecule has 1 aliphatic rings. The van der Waals surface area contributed by atoms with E-state index in [0.29, 0.717) is 17.0 Å². The number of aryl methyl sites for hydroxylation is 1. The molecule has 10 heteroatoms. The average Bonchev–Trinajstić information content (AvgIpc) is 3.40. The molecule has 33 heavy (non-hydrogen) atoms. The molecular weight excluding hydrogens is 433 g/mol. The number of halogens is 3. The van der Waals surface area contributed by atoms with Crippen LogP contribution < -0.4 is 10.6 Å². The van der Waals surface area contributed by atoms with Crippen molar-refractivity contribution in [3.63, 3.8) is 0 Å². The smallest absolute Gasteiger partial charge is 0.368 e. The van der Waals surface area contributed by atoms with Crippen molar-refractivity contribution in [3.8, 4) is 0 Å². The highest BCUT2D eigenvalue weighted by Crippen LogP contribution is 2.30. The van der Waals surface area contributed by atoms with E-state index >= 15 is 0 Å². The highest BCUT2D eigenvalue weighted by molar-refractivity contribution is 6.06. The van der Waals surface area contributed by atoms with Gasteiger partial charge in [0.25, 0.3) is 5.91 Å². The van der Waals surface area contributed by atoms with Gasteiger partial charge in [-0.2, -0.15) is 13.2 Å². The normalized spacial score (nSPS) is 19.2. The minimum atomic E-state index is -4.49. The van der Waals surface area contributed by atoms with E-state index in [1.807, 2.05) is 13.1 Å². The summed E-state index contributed by atoms with van der Waals surface area (Å²) < 4.78 is 40.6. The Bertz CT molecular complexity index is 1320. The molecule has 0 saturated heterocycles. The molecule has 0 bridgehead atoms. The number of anilines is 1. The van der Waals surface area contributed by atoms with Gasteiger partial charge in [-0.05, 0) is 56.4 Å². The number of rotatable bonds is 4. The second-order valence-corrected chi connectivity index (χ2v) is 8.48. The Hall–Kier alpha value is -3.56. The van der Waals surface area contributed by atoms with Crippen LogP contribution in [0.4, 0.5) is 19.0 Å². The Labute approximate surface area is 187 Å². The summed E-state index contributed by atoms with van der Waals surface area (Å²) in [5.41, 5.74) is 1.60. The third-order valence-electron chi connectivity index (χ3n) is 6.21. The third-order valence-corrected chi connectivity index (χ3v) is 6.21. The molecule has 4 heterocycles. The summed E-state index contributed by atoms with van der Waals surface area (Å²) in [5.74, 6) is 0.453. The summed E-state index contributed by atoms with van der Waals surface area (Å²) in [5, 5.41) is 7.31. The molecular formula is C23H23F3N6O. The maximum atomic E-state index is 13.0. The van der Waals surface area contributed by atoms with Gasteiger partial charge in [-0.25, -0.2) is 9.97 Å². The summed E-state index contributed by atoms with van der Waals surface area (Å²) >= 11 is 0. The SMILES string of the molecule is Cc1c[nH]c2nccc(C(=O)NC3CCC(Nc4cccc5nc(C(F)(F)F)cn45)CC3)c12. The number of pyridine rings is 2. The van der Waals surface area contributed by atoms with E-state index in [1.54, 1.807) is 30.5 Å². The Kier molecular flexibility index (Phi) is 5.22. The van der Waals surface area contributed by atoms with Crippen LogP contribution in [0.15, 0.2) is 42.9 Å². The van der Waals surface area contributed by atoms with Crippen LogP contribution in [-0.2, 0) is 6.18 Å². The lowest BCUT2D eigenvalue weighted by atomic mass is 9.91. The average molecular weight is 456 g/mol. The zero-order chi connectivity index (χ0) is 23.2. The van der Waals surface area contributed by atoms with Crippen molar-refractivity contribution in [3.05, 3.63) is 59.7 Å². The molecule has 1 fully saturated rings. The van der Waals surface area contributed by atoms with Gasteiger partial charge in [0.2, 0.25) is 0 Å². The first kappa shape index (κ1) is 21.3. The number of carbonyl (C=O) groups is 1. The largest absolute Gasteiger partial charge is 0.434 e. The fourth-order valence-electron chi connectivity index (χ4n) is 4.53. The second-order valence-electron chi connectivity index (χ2n) is 8.48. The molecule has 1 aliphatic carbocycles. The van der Waals surface area contributed by atoms with Crippen LogP contribution in [0.25, 0.3) is 16.7 Å². The fraction of sp³-hybridized carbons (Fsp3) is 0.348. The van der Waals surface area contributed by atoms with E-state index in [-0.39, 0.29) is 23.6 Å². The van der Waals surface area contributed by atoms with Gasteiger partial charge in [0, 0.05) is 36.1 Å². The van der Waals surface area contributed by atoms with Crippen molar-refractivity contribution >= 4 is 28.4 Å². The maximum absolute atomic E-state index is 13.0. The van der Waals surface area contributed by atoms with Crippen LogP contribution in [0.5, 0.6) is 0 Å². The molecule has 0 atom stereocenters. The number of amides is 1. The van der Waals surface area contributed by atoms with Crippen LogP contribution in [0.2, 0.25) is 0 Å². The number of alkyl halides is 3. The van der Waals surface area contributed by atoms with E-state index in [2.05, 4.69) is 25.6 Å². The lowest BCUT2D eigenvalue weighted by Crippen LogP contribution is -2.40. The second kappa shape index (κ2) is 8.09. The van der Waals surface area contributed by atoms with E-state index < -0.39 is 11.9 Å². The van der Waals surface area contributed by atoms with Gasteiger partial charge in [-0.15, -0.1) is 0 Å². The predicted molar refractivity (Wildman–Crippen MR) is 118 cm³/mol. The van der Waals surface area contributed by atoms with Gasteiger partial charge in [0.1, 0.15) is 17.1 Å². The molecule has 3 N–H and O–H groups in total. The van der Waals surface area contributed by atoms with E-state index in [4.69, 9.17) is 0 Å². The Balaban J connectivity index is 1.23. The van der Waals surface area contributed by atoms with Crippen molar-refractivity contribution in [1.29, 1.82) is 0 Å². The number of hydrogen-bond acceptors (Lipinski definition) is 4. The molecule has 5 rings (SSSR count). The van der Waals surface area contributed by atoms with Crippen molar-refractivity contribution < 1.29 is 18.0 Å². The summed E-state index contributed by atoms with van der Waals surface area (Å²) in [4.78, 5) is 23.9. The monoisotopic (exact) mass is 456 g/mol. The van der Waals surface area contributed by atoms with Gasteiger partial charge < -0.3 is 15.6 Å². The number of fused-ring (bicyclic) bond motifs is 2. The fourth-order valence-corrected chi connectivity index (χ4v) is 4.53. The molecule has 4 aromatic rings. The molecule has 172 valence electrons. The molecule has 1 saturated carbocycles. The number of nitrogens with one attached hydrogen (secondary N) is 3. The van der Waals surface area contributed by atoms with Crippen LogP contribution in [0.3, 0.4) is 0 Å². The topological polar surface area (TPSA) is 87.1 Å². The summed E-state index contributed by atoms with van der Waals surface area (Å²) in [7, 11) is 0. The van der Waals surface area contributed by atoms with Crippen LogP contribution in [-0.4, -0.2) is 37.3 Å². The Morgan fingerprint density at radius 2 is 1.91 bits per heavy atom. The number of hydrogen-bond donors (Lipinski definition) is 3. The van der Waals surface area contributed by atoms with Gasteiger partial charge in [0.05, 0.1) is 5.56 Å². The molecule has 0 spiro atoms. The van der Waals surface area contributed by atoms with Crippen molar-refractivity contribution in [2.45, 2.75) is 50.9 Å². The quantitative estimate of drug-likeness (QED) is 0.416. The molecule has 0 radical (unpaired) electrons. The number of aromatic amines is 1. The van der Waals surface area contributed by atoms with Gasteiger partial charge >= 0.3 is 6.18 Å². The standard InChI is InChI=1S/C23H23F3N6O/c1-13-11-28-21-20(13)16(9-10-27-21)22(33)30-15-7-5-14(6-8-15)29-18-3-2-4-19-31-17(12-32(18)19)23(24,25)26/h2-4,9-12,14-15,29H,5-8H2,1H3,(H,27,28)(H,30,33). The summed E-state index contributed by atoms with van der Waals surface area (Å²) in [6.07, 6.45) is 3.11. The molecule has 7 nitrogen and oxygen atoms in total. The zero-order valence-electron chi connectivity index (χ0n) is 17.9. The van der Waals surface area contributed by atoms with Gasteiger partial charge in [-0.3, -0.25) is 9.20 Å². The van der Waals surface area contributed by atoms with Crippen LogP contribution in [0.1, 0.15) is 47.3 Å². The molecule has 0 aliphatic heterocycles. The van der Waals surface area contributed by atoms with E-state index in [1.165, 1.54) is 4.40 Å². The Morgan fingerprint density at radius 1 is 1.15 bits per heavy atom. The van der Waals surface area contributed by atoms with Gasteiger partial charge in [-0.1, -0.05) is 6.07 Å². The first-order chi connectivity index (χ1) is 15.8. The predicted octanol–water partition coefficient (Wildman–Crippen LogP) is 4.69. The van der Waals surface area contributed by atoms with Crippen LogP contribution >= 0.6 is 0 Å². The Morgan fingerprint density at radius 3 is 2.67 bits per heavy atom. The van der Waals surface area contributed by atoms with Crippen molar-refractivity contribution in [2.24, 2.45) is 0 Å². The number of imidazole rings is 1. The third kappa shape index (κ3) is 4.12. The number of H-pyrrole nitrogens is 1. The lowest BCUT2D eigenvalue weighted by Gasteiger charge is -2.30. The highest BCUT2D eigenvalue weighted by atomic mass is 19.4. The summed E-state index contributed by atoms with van der Waals surface area (Å²) in [6.45, 7) is 1.94. The molecule has 0 aromatic carbocycles. The number of carbonyl (C=O) groups excluding carboxylic acids is 1. The number of nitrogens with zero attached hydrogens (tertiary/aromatic N) is 3. The van der Waals surface area contributed by atoms with Crippen LogP contribution in [0, 0.1) is 6.92 Å². The minimum absolute atomic E-state index is 0.0406. The maximum Gasteiger partial charge on any atom is 0.434 e. The first-order valence-electron chi connectivity index (χ1n) is 10.8. The van der Waals surface area contributed by atoms with E-state index in [9.17, 15) is 18.0 Å². The van der Waals surface area contributed by atoms with Crippen molar-refractivity contribution in [1.82, 2.24) is 24.7 Å². The molecule has 1 amide bonds. The minimum Gasteiger partial charge on any atom is -0.368 e. The summed E-state index contributed by atoms with van der Waals surface area (Å²) in [6, 6.07) is 6.85. The molecule has 0 unspecified atom stereocenters. The lowest BCUT2D eigenvalue weighted by molar-refractivity contribution is -0.140. The van der Waals surface area contributed by atoms with Crippen molar-refractivity contribution in [2.75, 3.05) is 5.32 Å². The van der Waals surface area contributed by atoms with E-state index in [0.717, 1.165) is 42.8 Å². The first-order valence-corrected chi connectivity index (χ1v) is 10.8. The zero-order valence-corrected chi connectivity index (χ0v) is 17.9. The number of aromatic nitrogens is 4. The van der Waals surface area contributed by atoms with Gasteiger partial charge in [0.15, 0.2) is 5.69 Å².